The van der Waals surface area contributed by atoms with Gasteiger partial charge in [0, 0.05) is 40.1 Å². The molecular formula is C23H22N2O3. The van der Waals surface area contributed by atoms with Gasteiger partial charge in [-0.15, -0.1) is 6.58 Å². The summed E-state index contributed by atoms with van der Waals surface area (Å²) in [7, 11) is 0. The van der Waals surface area contributed by atoms with Crippen LogP contribution in [-0.4, -0.2) is 17.8 Å². The maximum Gasteiger partial charge on any atom is 0.182 e. The molecule has 1 aliphatic carbocycles. The molecular weight excluding hydrogens is 352 g/mol. The molecule has 1 aliphatic heterocycles. The molecule has 1 unspecified atom stereocenters. The van der Waals surface area contributed by atoms with E-state index in [0.717, 1.165) is 22.3 Å². The molecule has 142 valence electrons. The number of rotatable bonds is 5. The van der Waals surface area contributed by atoms with Crippen molar-refractivity contribution in [1.29, 1.82) is 0 Å². The summed E-state index contributed by atoms with van der Waals surface area (Å²) in [5.74, 6) is 1.34. The summed E-state index contributed by atoms with van der Waals surface area (Å²) in [6, 6.07) is 13.0. The van der Waals surface area contributed by atoms with Gasteiger partial charge < -0.3 is 26.0 Å². The zero-order valence-corrected chi connectivity index (χ0v) is 15.3. The van der Waals surface area contributed by atoms with Crippen molar-refractivity contribution in [3.63, 3.8) is 0 Å². The second-order valence-corrected chi connectivity index (χ2v) is 6.68. The number of aliphatic hydroxyl groups excluding tert-OH is 1. The smallest absolute Gasteiger partial charge is 0.182 e. The minimum atomic E-state index is -1.08. The maximum absolute atomic E-state index is 10.6. The number of fused-ring (bicyclic) bond motifs is 2. The van der Waals surface area contributed by atoms with E-state index in [-0.39, 0.29) is 12.6 Å². The van der Waals surface area contributed by atoms with Crippen LogP contribution in [0.1, 0.15) is 23.0 Å². The van der Waals surface area contributed by atoms with Crippen LogP contribution in [0, 0.1) is 0 Å². The normalized spacial score (nSPS) is 18.6. The molecule has 1 heterocycles. The van der Waals surface area contributed by atoms with E-state index in [9.17, 15) is 5.11 Å². The molecule has 28 heavy (non-hydrogen) atoms. The Kier molecular flexibility index (Phi) is 4.88. The number of nitrogens with two attached hydrogens (primary N) is 2. The van der Waals surface area contributed by atoms with E-state index in [4.69, 9.17) is 20.9 Å². The van der Waals surface area contributed by atoms with Gasteiger partial charge in [0.1, 0.15) is 11.5 Å². The lowest BCUT2D eigenvalue weighted by atomic mass is 9.85. The number of anilines is 1. The van der Waals surface area contributed by atoms with Gasteiger partial charge in [0.2, 0.25) is 0 Å². The second-order valence-electron chi connectivity index (χ2n) is 6.68. The monoisotopic (exact) mass is 374 g/mol. The van der Waals surface area contributed by atoms with E-state index >= 15 is 0 Å². The molecule has 4 rings (SSSR count). The quantitative estimate of drug-likeness (QED) is 0.424. The average Bonchev–Trinajstić information content (AvgIpc) is 2.70. The van der Waals surface area contributed by atoms with Crippen molar-refractivity contribution in [2.45, 2.75) is 12.3 Å². The number of nitrogen functional groups attached to an aromatic ring is 1. The summed E-state index contributed by atoms with van der Waals surface area (Å²) in [6.07, 6.45) is 6.27. The molecule has 2 aliphatic rings. The fraction of sp³-hybridized carbons (Fsp3) is 0.130. The van der Waals surface area contributed by atoms with Gasteiger partial charge in [-0.05, 0) is 23.8 Å². The van der Waals surface area contributed by atoms with Crippen molar-refractivity contribution in [2.24, 2.45) is 5.73 Å². The molecule has 2 aromatic rings. The molecule has 0 spiro atoms. The number of aliphatic hydroxyl groups is 1. The van der Waals surface area contributed by atoms with Gasteiger partial charge in [0.05, 0.1) is 6.61 Å². The van der Waals surface area contributed by atoms with Crippen molar-refractivity contribution in [1.82, 2.24) is 0 Å². The zero-order chi connectivity index (χ0) is 19.7. The molecule has 0 saturated heterocycles. The Bertz CT molecular complexity index is 1020. The Balaban J connectivity index is 1.94. The molecule has 0 fully saturated rings. The molecule has 0 bridgehead atoms. The Morgan fingerprint density at radius 2 is 2.04 bits per heavy atom. The highest BCUT2D eigenvalue weighted by Gasteiger charge is 2.28. The Labute approximate surface area is 163 Å². The average molecular weight is 374 g/mol. The second kappa shape index (κ2) is 7.48. The van der Waals surface area contributed by atoms with Crippen LogP contribution in [0.2, 0.25) is 0 Å². The van der Waals surface area contributed by atoms with Crippen molar-refractivity contribution in [2.75, 3.05) is 12.3 Å². The third kappa shape index (κ3) is 3.27. The first kappa shape index (κ1) is 18.3. The van der Waals surface area contributed by atoms with Crippen molar-refractivity contribution in [3.8, 4) is 5.75 Å². The first-order valence-electron chi connectivity index (χ1n) is 9.06. The van der Waals surface area contributed by atoms with Gasteiger partial charge in [0.25, 0.3) is 0 Å². The summed E-state index contributed by atoms with van der Waals surface area (Å²) in [4.78, 5) is 0. The Morgan fingerprint density at radius 3 is 2.86 bits per heavy atom. The predicted molar refractivity (Wildman–Crippen MR) is 110 cm³/mol. The third-order valence-corrected chi connectivity index (χ3v) is 4.73. The van der Waals surface area contributed by atoms with E-state index in [1.807, 2.05) is 54.6 Å². The van der Waals surface area contributed by atoms with Crippen LogP contribution in [0.4, 0.5) is 5.69 Å². The third-order valence-electron chi connectivity index (χ3n) is 4.73. The molecule has 0 amide bonds. The minimum Gasteiger partial charge on any atom is -0.456 e. The zero-order valence-electron chi connectivity index (χ0n) is 15.3. The van der Waals surface area contributed by atoms with Gasteiger partial charge in [0.15, 0.2) is 6.29 Å². The summed E-state index contributed by atoms with van der Waals surface area (Å²) >= 11 is 0. The molecule has 5 nitrogen and oxygen atoms in total. The molecule has 0 radical (unpaired) electrons. The van der Waals surface area contributed by atoms with Crippen LogP contribution in [0.5, 0.6) is 5.75 Å². The fourth-order valence-corrected chi connectivity index (χ4v) is 3.48. The van der Waals surface area contributed by atoms with Crippen molar-refractivity contribution in [3.05, 3.63) is 101 Å². The van der Waals surface area contributed by atoms with Crippen LogP contribution in [0.15, 0.2) is 84.7 Å². The van der Waals surface area contributed by atoms with Crippen LogP contribution in [0.25, 0.3) is 5.57 Å². The van der Waals surface area contributed by atoms with E-state index < -0.39 is 6.29 Å². The van der Waals surface area contributed by atoms with E-state index in [1.54, 1.807) is 12.1 Å². The molecule has 2 atom stereocenters. The van der Waals surface area contributed by atoms with Crippen LogP contribution in [-0.2, 0) is 4.74 Å². The van der Waals surface area contributed by atoms with E-state index in [0.29, 0.717) is 22.8 Å². The number of ether oxygens (including phenoxy) is 2. The fourth-order valence-electron chi connectivity index (χ4n) is 3.48. The molecule has 0 aromatic heterocycles. The number of benzene rings is 2. The highest BCUT2D eigenvalue weighted by Crippen LogP contribution is 2.45. The minimum absolute atomic E-state index is 0.223. The number of hydrogen-bond acceptors (Lipinski definition) is 5. The van der Waals surface area contributed by atoms with Crippen molar-refractivity contribution >= 4 is 11.3 Å². The highest BCUT2D eigenvalue weighted by atomic mass is 16.6. The van der Waals surface area contributed by atoms with Gasteiger partial charge in [-0.2, -0.15) is 0 Å². The Hall–Kier alpha value is -3.12. The highest BCUT2D eigenvalue weighted by molar-refractivity contribution is 5.92. The maximum atomic E-state index is 10.6. The van der Waals surface area contributed by atoms with Gasteiger partial charge >= 0.3 is 0 Å². The molecule has 0 saturated carbocycles. The SMILES string of the molecule is C=CCO[C@@H](O)c1ccccc1C1=C2C=CC(N)C=C2Oc2cc(N)ccc21. The van der Waals surface area contributed by atoms with Gasteiger partial charge in [-0.3, -0.25) is 0 Å². The van der Waals surface area contributed by atoms with Crippen LogP contribution < -0.4 is 16.2 Å². The predicted octanol–water partition coefficient (Wildman–Crippen LogP) is 3.44. The lowest BCUT2D eigenvalue weighted by Gasteiger charge is -2.29. The lowest BCUT2D eigenvalue weighted by molar-refractivity contribution is -0.0922. The summed E-state index contributed by atoms with van der Waals surface area (Å²) < 4.78 is 11.6. The molecule has 2 aromatic carbocycles. The molecule has 5 heteroatoms. The van der Waals surface area contributed by atoms with Crippen molar-refractivity contribution < 1.29 is 14.6 Å². The van der Waals surface area contributed by atoms with Gasteiger partial charge in [-0.25, -0.2) is 0 Å². The van der Waals surface area contributed by atoms with E-state index in [2.05, 4.69) is 6.58 Å². The first-order chi connectivity index (χ1) is 13.6. The van der Waals surface area contributed by atoms with Crippen LogP contribution in [0.3, 0.4) is 0 Å². The molecule has 5 N–H and O–H groups in total. The first-order valence-corrected chi connectivity index (χ1v) is 9.06. The topological polar surface area (TPSA) is 90.7 Å². The van der Waals surface area contributed by atoms with Crippen LogP contribution >= 0.6 is 0 Å². The summed E-state index contributed by atoms with van der Waals surface area (Å²) in [5, 5.41) is 10.6. The largest absolute Gasteiger partial charge is 0.456 e. The van der Waals surface area contributed by atoms with Gasteiger partial charge in [-0.1, -0.05) is 42.5 Å². The Morgan fingerprint density at radius 1 is 1.21 bits per heavy atom. The summed E-state index contributed by atoms with van der Waals surface area (Å²) in [5.41, 5.74) is 16.9. The lowest BCUT2D eigenvalue weighted by Crippen LogP contribution is -2.22. The number of hydrogen-bond donors (Lipinski definition) is 3. The summed E-state index contributed by atoms with van der Waals surface area (Å²) in [6.45, 7) is 3.88. The standard InChI is InChI=1S/C23H22N2O3/c1-2-11-27-23(26)17-6-4-3-5-16(17)22-18-9-7-14(24)12-20(18)28-21-13-15(25)8-10-19(21)22/h2-10,12-14,23,26H,1,11,24-25H2/t14?,23-/m1/s1. The van der Waals surface area contributed by atoms with E-state index in [1.165, 1.54) is 0 Å². The number of allylic oxidation sites excluding steroid dienone is 1.